The average molecular weight is 262 g/mol. The maximum atomic E-state index is 12.9. The molecule has 0 spiro atoms. The van der Waals surface area contributed by atoms with Crippen molar-refractivity contribution in [3.63, 3.8) is 0 Å². The standard InChI is InChI=1S/C14H15FN2S/c15-11-6-4-10(5-7-11)13-9-18-14(17-13)12-3-1-2-8-16-12/h4-7,9,12,16H,1-3,8H2. The lowest BCUT2D eigenvalue weighted by Crippen LogP contribution is -2.26. The second-order valence-corrected chi connectivity index (χ2v) is 5.47. The van der Waals surface area contributed by atoms with Crippen LogP contribution in [-0.4, -0.2) is 11.5 Å². The molecule has 0 aliphatic carbocycles. The van der Waals surface area contributed by atoms with Gasteiger partial charge < -0.3 is 5.32 Å². The minimum atomic E-state index is -0.205. The minimum absolute atomic E-state index is 0.205. The molecule has 0 radical (unpaired) electrons. The van der Waals surface area contributed by atoms with Crippen molar-refractivity contribution in [1.29, 1.82) is 0 Å². The van der Waals surface area contributed by atoms with Crippen LogP contribution in [0.15, 0.2) is 29.6 Å². The predicted molar refractivity (Wildman–Crippen MR) is 72.1 cm³/mol. The fourth-order valence-electron chi connectivity index (χ4n) is 2.26. The molecular formula is C14H15FN2S. The summed E-state index contributed by atoms with van der Waals surface area (Å²) in [6.07, 6.45) is 3.69. The SMILES string of the molecule is Fc1ccc(-c2csc(C3CCCCN3)n2)cc1. The van der Waals surface area contributed by atoms with Gasteiger partial charge in [0.15, 0.2) is 0 Å². The molecule has 2 nitrogen and oxygen atoms in total. The monoisotopic (exact) mass is 262 g/mol. The van der Waals surface area contributed by atoms with E-state index in [9.17, 15) is 4.39 Å². The summed E-state index contributed by atoms with van der Waals surface area (Å²) in [5, 5.41) is 6.70. The van der Waals surface area contributed by atoms with Crippen LogP contribution < -0.4 is 5.32 Å². The zero-order valence-electron chi connectivity index (χ0n) is 10.0. The van der Waals surface area contributed by atoms with Gasteiger partial charge in [0.2, 0.25) is 0 Å². The van der Waals surface area contributed by atoms with Gasteiger partial charge >= 0.3 is 0 Å². The molecule has 1 unspecified atom stereocenters. The molecule has 1 aromatic carbocycles. The largest absolute Gasteiger partial charge is 0.308 e. The quantitative estimate of drug-likeness (QED) is 0.891. The third-order valence-corrected chi connectivity index (χ3v) is 4.23. The average Bonchev–Trinajstić information content (AvgIpc) is 2.90. The fraction of sp³-hybridized carbons (Fsp3) is 0.357. The summed E-state index contributed by atoms with van der Waals surface area (Å²) >= 11 is 1.69. The van der Waals surface area contributed by atoms with Crippen LogP contribution in [0, 0.1) is 5.82 Å². The Balaban J connectivity index is 1.82. The van der Waals surface area contributed by atoms with Crippen LogP contribution in [-0.2, 0) is 0 Å². The molecule has 1 saturated heterocycles. The van der Waals surface area contributed by atoms with Crippen LogP contribution >= 0.6 is 11.3 Å². The van der Waals surface area contributed by atoms with Gasteiger partial charge in [-0.05, 0) is 43.7 Å². The van der Waals surface area contributed by atoms with Crippen LogP contribution in [0.5, 0.6) is 0 Å². The number of nitrogens with zero attached hydrogens (tertiary/aromatic N) is 1. The summed E-state index contributed by atoms with van der Waals surface area (Å²) < 4.78 is 12.9. The lowest BCUT2D eigenvalue weighted by molar-refractivity contribution is 0.411. The second-order valence-electron chi connectivity index (χ2n) is 4.58. The summed E-state index contributed by atoms with van der Waals surface area (Å²) in [6.45, 7) is 1.08. The van der Waals surface area contributed by atoms with E-state index in [0.717, 1.165) is 29.2 Å². The van der Waals surface area contributed by atoms with Crippen molar-refractivity contribution < 1.29 is 4.39 Å². The highest BCUT2D eigenvalue weighted by atomic mass is 32.1. The maximum Gasteiger partial charge on any atom is 0.123 e. The number of thiazole rings is 1. The van der Waals surface area contributed by atoms with E-state index in [2.05, 4.69) is 15.7 Å². The summed E-state index contributed by atoms with van der Waals surface area (Å²) in [6, 6.07) is 6.92. The molecule has 94 valence electrons. The molecule has 1 atom stereocenters. The summed E-state index contributed by atoms with van der Waals surface area (Å²) in [5.41, 5.74) is 1.93. The zero-order valence-corrected chi connectivity index (χ0v) is 10.8. The number of piperidine rings is 1. The number of hydrogen-bond acceptors (Lipinski definition) is 3. The Bertz CT molecular complexity index is 515. The minimum Gasteiger partial charge on any atom is -0.308 e. The van der Waals surface area contributed by atoms with Crippen molar-refractivity contribution >= 4 is 11.3 Å². The molecule has 1 aliphatic heterocycles. The number of hydrogen-bond donors (Lipinski definition) is 1. The van der Waals surface area contributed by atoms with Gasteiger partial charge in [-0.15, -0.1) is 11.3 Å². The molecule has 0 saturated carbocycles. The molecule has 4 heteroatoms. The number of aromatic nitrogens is 1. The Hall–Kier alpha value is -1.26. The Morgan fingerprint density at radius 2 is 2.06 bits per heavy atom. The number of nitrogens with one attached hydrogen (secondary N) is 1. The van der Waals surface area contributed by atoms with Gasteiger partial charge in [-0.1, -0.05) is 6.42 Å². The van der Waals surface area contributed by atoms with Crippen LogP contribution in [0.25, 0.3) is 11.3 Å². The molecule has 0 bridgehead atoms. The highest BCUT2D eigenvalue weighted by Gasteiger charge is 2.18. The lowest BCUT2D eigenvalue weighted by Gasteiger charge is -2.21. The van der Waals surface area contributed by atoms with E-state index >= 15 is 0 Å². The Morgan fingerprint density at radius 1 is 1.22 bits per heavy atom. The van der Waals surface area contributed by atoms with E-state index in [1.165, 1.54) is 25.0 Å². The van der Waals surface area contributed by atoms with E-state index in [1.807, 2.05) is 0 Å². The van der Waals surface area contributed by atoms with Gasteiger partial charge in [-0.3, -0.25) is 0 Å². The maximum absolute atomic E-state index is 12.9. The van der Waals surface area contributed by atoms with Crippen molar-refractivity contribution in [2.75, 3.05) is 6.54 Å². The van der Waals surface area contributed by atoms with Gasteiger partial charge in [0.25, 0.3) is 0 Å². The van der Waals surface area contributed by atoms with Gasteiger partial charge in [0, 0.05) is 10.9 Å². The zero-order chi connectivity index (χ0) is 12.4. The van der Waals surface area contributed by atoms with Crippen LogP contribution in [0.2, 0.25) is 0 Å². The van der Waals surface area contributed by atoms with Gasteiger partial charge in [0.05, 0.1) is 11.7 Å². The molecule has 3 rings (SSSR count). The van der Waals surface area contributed by atoms with Gasteiger partial charge in [-0.2, -0.15) is 0 Å². The van der Waals surface area contributed by atoms with Gasteiger partial charge in [0.1, 0.15) is 10.8 Å². The Kier molecular flexibility index (Phi) is 3.39. The van der Waals surface area contributed by atoms with E-state index in [-0.39, 0.29) is 5.82 Å². The highest BCUT2D eigenvalue weighted by Crippen LogP contribution is 2.29. The molecule has 1 aliphatic rings. The first kappa shape index (κ1) is 11.8. The van der Waals surface area contributed by atoms with Crippen molar-refractivity contribution in [3.05, 3.63) is 40.5 Å². The number of benzene rings is 1. The van der Waals surface area contributed by atoms with E-state index in [4.69, 9.17) is 0 Å². The third kappa shape index (κ3) is 2.44. The number of halogens is 1. The molecule has 1 N–H and O–H groups in total. The Labute approximate surface area is 110 Å². The topological polar surface area (TPSA) is 24.9 Å². The lowest BCUT2D eigenvalue weighted by atomic mass is 10.1. The summed E-state index contributed by atoms with van der Waals surface area (Å²) in [5.74, 6) is -0.205. The van der Waals surface area contributed by atoms with Crippen LogP contribution in [0.4, 0.5) is 4.39 Å². The first-order valence-corrected chi connectivity index (χ1v) is 7.15. The molecule has 0 amide bonds. The van der Waals surface area contributed by atoms with Gasteiger partial charge in [-0.25, -0.2) is 9.37 Å². The normalized spacial score (nSPS) is 19.9. The van der Waals surface area contributed by atoms with Crippen molar-refractivity contribution in [1.82, 2.24) is 10.3 Å². The van der Waals surface area contributed by atoms with Crippen molar-refractivity contribution in [2.24, 2.45) is 0 Å². The fourth-order valence-corrected chi connectivity index (χ4v) is 3.20. The van der Waals surface area contributed by atoms with E-state index < -0.39 is 0 Å². The molecule has 1 aromatic heterocycles. The second kappa shape index (κ2) is 5.16. The summed E-state index contributed by atoms with van der Waals surface area (Å²) in [7, 11) is 0. The van der Waals surface area contributed by atoms with Crippen molar-refractivity contribution in [2.45, 2.75) is 25.3 Å². The molecule has 18 heavy (non-hydrogen) atoms. The molecule has 1 fully saturated rings. The smallest absolute Gasteiger partial charge is 0.123 e. The molecule has 2 aromatic rings. The van der Waals surface area contributed by atoms with E-state index in [0.29, 0.717) is 6.04 Å². The molecular weight excluding hydrogens is 247 g/mol. The molecule has 2 heterocycles. The summed E-state index contributed by atoms with van der Waals surface area (Å²) in [4.78, 5) is 4.67. The van der Waals surface area contributed by atoms with Crippen LogP contribution in [0.1, 0.15) is 30.3 Å². The predicted octanol–water partition coefficient (Wildman–Crippen LogP) is 3.76. The Morgan fingerprint density at radius 3 is 2.78 bits per heavy atom. The third-order valence-electron chi connectivity index (χ3n) is 3.27. The van der Waals surface area contributed by atoms with Crippen LogP contribution in [0.3, 0.4) is 0 Å². The van der Waals surface area contributed by atoms with E-state index in [1.54, 1.807) is 23.5 Å². The highest BCUT2D eigenvalue weighted by molar-refractivity contribution is 7.10. The first-order valence-electron chi connectivity index (χ1n) is 6.28. The number of rotatable bonds is 2. The first-order chi connectivity index (χ1) is 8.83. The van der Waals surface area contributed by atoms with Crippen molar-refractivity contribution in [3.8, 4) is 11.3 Å².